The number of imidazole rings is 1. The third kappa shape index (κ3) is 3.26. The number of aromatic amines is 1. The van der Waals surface area contributed by atoms with Gasteiger partial charge in [-0.05, 0) is 37.6 Å². The van der Waals surface area contributed by atoms with E-state index in [1.807, 2.05) is 0 Å². The van der Waals surface area contributed by atoms with Crippen molar-refractivity contribution in [3.63, 3.8) is 0 Å². The molecule has 6 heteroatoms. The Morgan fingerprint density at radius 3 is 2.86 bits per heavy atom. The molecule has 0 bridgehead atoms. The number of rotatable bonds is 3. The van der Waals surface area contributed by atoms with Crippen LogP contribution in [-0.4, -0.2) is 23.1 Å². The average molecular weight is 295 g/mol. The van der Waals surface area contributed by atoms with Crippen molar-refractivity contribution in [3.05, 3.63) is 41.9 Å². The number of halogens is 3. The van der Waals surface area contributed by atoms with Crippen LogP contribution in [0.3, 0.4) is 0 Å². The normalized spacial score (nSPS) is 19.1. The quantitative estimate of drug-likeness (QED) is 0.912. The van der Waals surface area contributed by atoms with Crippen molar-refractivity contribution >= 4 is 0 Å². The fraction of sp³-hybridized carbons (Fsp3) is 0.400. The summed E-state index contributed by atoms with van der Waals surface area (Å²) in [6.07, 6.45) is -0.785. The Kier molecular flexibility index (Phi) is 3.71. The monoisotopic (exact) mass is 295 g/mol. The lowest BCUT2D eigenvalue weighted by molar-refractivity contribution is -0.137. The van der Waals surface area contributed by atoms with Gasteiger partial charge in [0, 0.05) is 12.0 Å². The minimum absolute atomic E-state index is 0.508. The molecule has 0 aliphatic carbocycles. The van der Waals surface area contributed by atoms with Crippen molar-refractivity contribution in [2.24, 2.45) is 5.92 Å². The first kappa shape index (κ1) is 14.1. The number of hydrogen-bond acceptors (Lipinski definition) is 2. The van der Waals surface area contributed by atoms with Gasteiger partial charge in [0.1, 0.15) is 5.82 Å². The van der Waals surface area contributed by atoms with Gasteiger partial charge >= 0.3 is 6.18 Å². The molecule has 0 spiro atoms. The Labute approximate surface area is 120 Å². The van der Waals surface area contributed by atoms with Gasteiger partial charge in [0.25, 0.3) is 0 Å². The van der Waals surface area contributed by atoms with Crippen LogP contribution < -0.4 is 5.32 Å². The second-order valence-electron chi connectivity index (χ2n) is 5.39. The van der Waals surface area contributed by atoms with Gasteiger partial charge in [-0.3, -0.25) is 0 Å². The summed E-state index contributed by atoms with van der Waals surface area (Å²) in [6.45, 7) is 1.99. The van der Waals surface area contributed by atoms with Crippen LogP contribution in [0.4, 0.5) is 13.2 Å². The van der Waals surface area contributed by atoms with E-state index >= 15 is 0 Å². The van der Waals surface area contributed by atoms with E-state index in [9.17, 15) is 13.2 Å². The molecule has 2 aromatic rings. The molecule has 2 heterocycles. The van der Waals surface area contributed by atoms with Gasteiger partial charge in [0.05, 0.1) is 17.5 Å². The smallest absolute Gasteiger partial charge is 0.342 e. The first-order valence-electron chi connectivity index (χ1n) is 6.94. The number of H-pyrrole nitrogens is 1. The first-order chi connectivity index (χ1) is 10.0. The zero-order chi connectivity index (χ0) is 14.9. The van der Waals surface area contributed by atoms with E-state index < -0.39 is 11.7 Å². The van der Waals surface area contributed by atoms with Crippen LogP contribution in [0, 0.1) is 5.92 Å². The minimum atomic E-state index is -4.33. The second kappa shape index (κ2) is 5.52. The molecule has 2 N–H and O–H groups in total. The molecular weight excluding hydrogens is 279 g/mol. The number of nitrogens with zero attached hydrogens (tertiary/aromatic N) is 1. The molecule has 3 rings (SSSR count). The SMILES string of the molecule is FC(F)(F)c1cccc(-c2cnc(CC3CCNC3)[nH]2)c1. The maximum Gasteiger partial charge on any atom is 0.416 e. The van der Waals surface area contributed by atoms with Crippen molar-refractivity contribution in [1.82, 2.24) is 15.3 Å². The summed E-state index contributed by atoms with van der Waals surface area (Å²) in [4.78, 5) is 7.41. The van der Waals surface area contributed by atoms with Crippen molar-refractivity contribution in [2.45, 2.75) is 19.0 Å². The highest BCUT2D eigenvalue weighted by Gasteiger charge is 2.30. The molecule has 1 saturated heterocycles. The Bertz CT molecular complexity index is 613. The molecule has 1 atom stereocenters. The van der Waals surface area contributed by atoms with E-state index in [-0.39, 0.29) is 0 Å². The minimum Gasteiger partial charge on any atom is -0.342 e. The highest BCUT2D eigenvalue weighted by molar-refractivity contribution is 5.59. The molecule has 1 unspecified atom stereocenters. The molecule has 3 nitrogen and oxygen atoms in total. The topological polar surface area (TPSA) is 40.7 Å². The second-order valence-corrected chi connectivity index (χ2v) is 5.39. The predicted molar refractivity (Wildman–Crippen MR) is 73.7 cm³/mol. The Hall–Kier alpha value is -1.82. The van der Waals surface area contributed by atoms with Crippen molar-refractivity contribution in [2.75, 3.05) is 13.1 Å². The largest absolute Gasteiger partial charge is 0.416 e. The standard InChI is InChI=1S/C15H16F3N3/c16-15(17,18)12-3-1-2-11(7-12)13-9-20-14(21-13)6-10-4-5-19-8-10/h1-3,7,9-10,19H,4-6,8H2,(H,20,21). The Morgan fingerprint density at radius 2 is 2.14 bits per heavy atom. The van der Waals surface area contributed by atoms with Crippen LogP contribution in [0.2, 0.25) is 0 Å². The van der Waals surface area contributed by atoms with Crippen LogP contribution in [0.15, 0.2) is 30.5 Å². The Morgan fingerprint density at radius 1 is 1.29 bits per heavy atom. The third-order valence-electron chi connectivity index (χ3n) is 3.77. The van der Waals surface area contributed by atoms with Crippen molar-refractivity contribution in [3.8, 4) is 11.3 Å². The van der Waals surface area contributed by atoms with E-state index in [1.165, 1.54) is 6.07 Å². The predicted octanol–water partition coefficient (Wildman–Crippen LogP) is 3.25. The van der Waals surface area contributed by atoms with Crippen LogP contribution >= 0.6 is 0 Å². The van der Waals surface area contributed by atoms with Crippen LogP contribution in [0.1, 0.15) is 17.8 Å². The van der Waals surface area contributed by atoms with Gasteiger partial charge in [0.2, 0.25) is 0 Å². The number of nitrogens with one attached hydrogen (secondary N) is 2. The molecule has 21 heavy (non-hydrogen) atoms. The molecule has 0 radical (unpaired) electrons. The van der Waals surface area contributed by atoms with Gasteiger partial charge in [-0.25, -0.2) is 4.98 Å². The lowest BCUT2D eigenvalue weighted by Gasteiger charge is -2.08. The molecule has 112 valence electrons. The number of aromatic nitrogens is 2. The highest BCUT2D eigenvalue weighted by atomic mass is 19.4. The van der Waals surface area contributed by atoms with E-state index in [4.69, 9.17) is 0 Å². The first-order valence-corrected chi connectivity index (χ1v) is 6.94. The van der Waals surface area contributed by atoms with Gasteiger partial charge < -0.3 is 10.3 Å². The zero-order valence-corrected chi connectivity index (χ0v) is 11.4. The van der Waals surface area contributed by atoms with Gasteiger partial charge in [0.15, 0.2) is 0 Å². The molecule has 0 amide bonds. The van der Waals surface area contributed by atoms with Crippen LogP contribution in [-0.2, 0) is 12.6 Å². The number of hydrogen-bond donors (Lipinski definition) is 2. The van der Waals surface area contributed by atoms with E-state index in [1.54, 1.807) is 12.3 Å². The number of alkyl halides is 3. The summed E-state index contributed by atoms with van der Waals surface area (Å²) in [5, 5.41) is 3.29. The number of benzene rings is 1. The maximum atomic E-state index is 12.7. The molecule has 1 aromatic carbocycles. The maximum absolute atomic E-state index is 12.7. The fourth-order valence-corrected chi connectivity index (χ4v) is 2.64. The zero-order valence-electron chi connectivity index (χ0n) is 11.4. The van der Waals surface area contributed by atoms with Crippen LogP contribution in [0.25, 0.3) is 11.3 Å². The molecule has 1 fully saturated rings. The lowest BCUT2D eigenvalue weighted by Crippen LogP contribution is -2.11. The van der Waals surface area contributed by atoms with Crippen LogP contribution in [0.5, 0.6) is 0 Å². The van der Waals surface area contributed by atoms with E-state index in [0.29, 0.717) is 17.2 Å². The summed E-state index contributed by atoms with van der Waals surface area (Å²) < 4.78 is 38.2. The summed E-state index contributed by atoms with van der Waals surface area (Å²) in [6, 6.07) is 5.29. The summed E-state index contributed by atoms with van der Waals surface area (Å²) >= 11 is 0. The highest BCUT2D eigenvalue weighted by Crippen LogP contribution is 2.31. The summed E-state index contributed by atoms with van der Waals surface area (Å²) in [5.41, 5.74) is 0.492. The molecule has 0 saturated carbocycles. The van der Waals surface area contributed by atoms with E-state index in [0.717, 1.165) is 43.9 Å². The van der Waals surface area contributed by atoms with Gasteiger partial charge in [-0.2, -0.15) is 13.2 Å². The van der Waals surface area contributed by atoms with Gasteiger partial charge in [-0.15, -0.1) is 0 Å². The summed E-state index contributed by atoms with van der Waals surface area (Å²) in [7, 11) is 0. The molecule has 1 aliphatic rings. The van der Waals surface area contributed by atoms with Gasteiger partial charge in [-0.1, -0.05) is 12.1 Å². The van der Waals surface area contributed by atoms with E-state index in [2.05, 4.69) is 15.3 Å². The average Bonchev–Trinajstić information content (AvgIpc) is 3.10. The van der Waals surface area contributed by atoms with Crippen molar-refractivity contribution < 1.29 is 13.2 Å². The molecular formula is C15H16F3N3. The van der Waals surface area contributed by atoms with Crippen molar-refractivity contribution in [1.29, 1.82) is 0 Å². The molecule has 1 aromatic heterocycles. The third-order valence-corrected chi connectivity index (χ3v) is 3.77. The Balaban J connectivity index is 1.79. The lowest BCUT2D eigenvalue weighted by atomic mass is 10.1. The fourth-order valence-electron chi connectivity index (χ4n) is 2.64. The molecule has 1 aliphatic heterocycles. The summed E-state index contributed by atoms with van der Waals surface area (Å²) in [5.74, 6) is 1.38.